The highest BCUT2D eigenvalue weighted by Crippen LogP contribution is 2.35. The summed E-state index contributed by atoms with van der Waals surface area (Å²) < 4.78 is 7.82. The first-order chi connectivity index (χ1) is 15.1. The van der Waals surface area contributed by atoms with Gasteiger partial charge in [-0.15, -0.1) is 0 Å². The van der Waals surface area contributed by atoms with E-state index in [1.54, 1.807) is 18.2 Å². The molecule has 1 aliphatic carbocycles. The Labute approximate surface area is 183 Å². The lowest BCUT2D eigenvalue weighted by molar-refractivity contribution is 0.0994. The van der Waals surface area contributed by atoms with Gasteiger partial charge >= 0.3 is 0 Å². The van der Waals surface area contributed by atoms with Crippen molar-refractivity contribution < 1.29 is 14.6 Å². The van der Waals surface area contributed by atoms with Crippen LogP contribution < -0.4 is 10.1 Å². The molecule has 1 aliphatic rings. The van der Waals surface area contributed by atoms with E-state index in [0.717, 1.165) is 34.3 Å². The number of aromatic nitrogens is 3. The van der Waals surface area contributed by atoms with Crippen molar-refractivity contribution in [3.05, 3.63) is 71.1 Å². The number of carbonyl (C=O) groups excluding carboxylic acids is 1. The van der Waals surface area contributed by atoms with Crippen molar-refractivity contribution in [3.8, 4) is 11.5 Å². The Hall–Kier alpha value is -3.42. The monoisotopic (exact) mass is 434 g/mol. The number of aliphatic hydroxyl groups is 1. The van der Waals surface area contributed by atoms with Crippen LogP contribution in [-0.4, -0.2) is 32.0 Å². The Kier molecular flexibility index (Phi) is 5.05. The summed E-state index contributed by atoms with van der Waals surface area (Å²) in [5.74, 6) is 1.84. The van der Waals surface area contributed by atoms with Gasteiger partial charge in [0, 0.05) is 30.4 Å². The molecule has 2 N–H and O–H groups in total. The second-order valence-corrected chi connectivity index (χ2v) is 7.71. The normalized spacial score (nSPS) is 12.9. The summed E-state index contributed by atoms with van der Waals surface area (Å²) in [4.78, 5) is 20.6. The highest BCUT2D eigenvalue weighted by atomic mass is 35.5. The summed E-state index contributed by atoms with van der Waals surface area (Å²) in [6.45, 7) is 0.465. The topological polar surface area (TPSA) is 89.3 Å². The average Bonchev–Trinajstić information content (AvgIpc) is 3.35. The van der Waals surface area contributed by atoms with Crippen molar-refractivity contribution in [2.75, 3.05) is 11.9 Å². The van der Waals surface area contributed by atoms with E-state index in [2.05, 4.69) is 15.3 Å². The van der Waals surface area contributed by atoms with Crippen LogP contribution in [0.2, 0.25) is 5.02 Å². The molecule has 0 fully saturated rings. The zero-order chi connectivity index (χ0) is 21.4. The third kappa shape index (κ3) is 3.73. The maximum atomic E-state index is 12.0. The molecule has 0 aliphatic heterocycles. The number of rotatable bonds is 6. The van der Waals surface area contributed by atoms with E-state index in [1.807, 2.05) is 35.0 Å². The number of aliphatic hydroxyl groups excluding tert-OH is 1. The Morgan fingerprint density at radius 2 is 2.03 bits per heavy atom. The van der Waals surface area contributed by atoms with Crippen molar-refractivity contribution in [2.24, 2.45) is 0 Å². The smallest absolute Gasteiger partial charge is 0.163 e. The Bertz CT molecular complexity index is 1300. The maximum Gasteiger partial charge on any atom is 0.163 e. The van der Waals surface area contributed by atoms with E-state index in [-0.39, 0.29) is 12.4 Å². The number of nitrogens with zero attached hydrogens (tertiary/aromatic N) is 3. The van der Waals surface area contributed by atoms with Gasteiger partial charge in [0.1, 0.15) is 23.3 Å². The van der Waals surface area contributed by atoms with Crippen molar-refractivity contribution in [1.29, 1.82) is 0 Å². The first-order valence-corrected chi connectivity index (χ1v) is 10.3. The number of hydrogen-bond donors (Lipinski definition) is 2. The van der Waals surface area contributed by atoms with Gasteiger partial charge in [-0.3, -0.25) is 4.79 Å². The maximum absolute atomic E-state index is 12.0. The number of nitrogens with one attached hydrogen (secondary N) is 1. The summed E-state index contributed by atoms with van der Waals surface area (Å²) in [6, 6.07) is 12.8. The zero-order valence-electron chi connectivity index (χ0n) is 16.5. The average molecular weight is 435 g/mol. The number of Topliss-reactive ketones (excluding diaryl/α,β-unsaturated/α-hetero) is 1. The molecule has 0 radical (unpaired) electrons. The SMILES string of the molecule is O=C1CCc2ccc(Oc3ccc(Nc4ncnc5ccn(CCO)c45)cc3Cl)cc21. The fourth-order valence-corrected chi connectivity index (χ4v) is 4.04. The lowest BCUT2D eigenvalue weighted by Crippen LogP contribution is -2.04. The molecule has 2 aromatic carbocycles. The second kappa shape index (κ2) is 8.02. The second-order valence-electron chi connectivity index (χ2n) is 7.30. The number of ether oxygens (including phenoxy) is 1. The summed E-state index contributed by atoms with van der Waals surface area (Å²) in [7, 11) is 0. The predicted molar refractivity (Wildman–Crippen MR) is 119 cm³/mol. The van der Waals surface area contributed by atoms with Crippen molar-refractivity contribution in [1.82, 2.24) is 14.5 Å². The molecule has 4 aromatic rings. The molecule has 31 heavy (non-hydrogen) atoms. The van der Waals surface area contributed by atoms with Crippen LogP contribution in [0.1, 0.15) is 22.3 Å². The first kappa shape index (κ1) is 19.5. The van der Waals surface area contributed by atoms with Gasteiger partial charge in [0.25, 0.3) is 0 Å². The van der Waals surface area contributed by atoms with E-state index in [4.69, 9.17) is 16.3 Å². The van der Waals surface area contributed by atoms with E-state index in [0.29, 0.717) is 35.3 Å². The number of aryl methyl sites for hydroxylation is 1. The minimum atomic E-state index is 0.0181. The van der Waals surface area contributed by atoms with Gasteiger partial charge in [-0.25, -0.2) is 9.97 Å². The molecule has 0 unspecified atom stereocenters. The summed E-state index contributed by atoms with van der Waals surface area (Å²) in [5.41, 5.74) is 4.10. The number of ketones is 1. The van der Waals surface area contributed by atoms with Gasteiger partial charge in [-0.2, -0.15) is 0 Å². The highest BCUT2D eigenvalue weighted by molar-refractivity contribution is 6.32. The molecule has 7 nitrogen and oxygen atoms in total. The molecule has 5 rings (SSSR count). The minimum absolute atomic E-state index is 0.0181. The van der Waals surface area contributed by atoms with Crippen LogP contribution in [-0.2, 0) is 13.0 Å². The number of benzene rings is 2. The fraction of sp³-hybridized carbons (Fsp3) is 0.174. The van der Waals surface area contributed by atoms with E-state index in [1.165, 1.54) is 6.33 Å². The van der Waals surface area contributed by atoms with Crippen LogP contribution in [0.5, 0.6) is 11.5 Å². The van der Waals surface area contributed by atoms with Gasteiger partial charge < -0.3 is 19.7 Å². The number of carbonyl (C=O) groups is 1. The van der Waals surface area contributed by atoms with E-state index >= 15 is 0 Å². The standard InChI is InChI=1S/C23H19ClN4O3/c24-18-11-15(27-23-22-19(25-13-26-23)7-8-28(22)9-10-29)3-6-21(18)31-16-4-1-14-2-5-20(30)17(14)12-16/h1,3-4,6-8,11-13,29H,2,5,9-10H2,(H,25,26,27). The number of hydrogen-bond acceptors (Lipinski definition) is 6. The largest absolute Gasteiger partial charge is 0.456 e. The van der Waals surface area contributed by atoms with Gasteiger partial charge in [0.2, 0.25) is 0 Å². The Morgan fingerprint density at radius 3 is 2.87 bits per heavy atom. The van der Waals surface area contributed by atoms with Crippen LogP contribution in [0, 0.1) is 0 Å². The molecule has 2 heterocycles. The quantitative estimate of drug-likeness (QED) is 0.455. The summed E-state index contributed by atoms with van der Waals surface area (Å²) >= 11 is 6.47. The van der Waals surface area contributed by atoms with Crippen LogP contribution in [0.3, 0.4) is 0 Å². The van der Waals surface area contributed by atoms with Crippen LogP contribution in [0.25, 0.3) is 11.0 Å². The molecule has 0 atom stereocenters. The van der Waals surface area contributed by atoms with Crippen molar-refractivity contribution in [2.45, 2.75) is 19.4 Å². The number of anilines is 2. The molecule has 2 aromatic heterocycles. The van der Waals surface area contributed by atoms with E-state index < -0.39 is 0 Å². The molecular formula is C23H19ClN4O3. The van der Waals surface area contributed by atoms with Crippen molar-refractivity contribution >= 4 is 39.9 Å². The third-order valence-corrected chi connectivity index (χ3v) is 5.61. The predicted octanol–water partition coefficient (Wildman–Crippen LogP) is 4.74. The Balaban J connectivity index is 1.39. The fourth-order valence-electron chi connectivity index (χ4n) is 3.82. The zero-order valence-corrected chi connectivity index (χ0v) is 17.3. The molecule has 0 spiro atoms. The van der Waals surface area contributed by atoms with Gasteiger partial charge in [-0.1, -0.05) is 17.7 Å². The van der Waals surface area contributed by atoms with Gasteiger partial charge in [0.05, 0.1) is 17.1 Å². The highest BCUT2D eigenvalue weighted by Gasteiger charge is 2.20. The summed E-state index contributed by atoms with van der Waals surface area (Å²) in [5, 5.41) is 13.0. The molecule has 156 valence electrons. The molecule has 0 amide bonds. The molecule has 0 saturated carbocycles. The van der Waals surface area contributed by atoms with Crippen LogP contribution in [0.15, 0.2) is 55.0 Å². The lowest BCUT2D eigenvalue weighted by atomic mass is 10.1. The number of halogens is 1. The molecule has 0 saturated heterocycles. The molecule has 8 heteroatoms. The van der Waals surface area contributed by atoms with Gasteiger partial charge in [0.15, 0.2) is 11.6 Å². The van der Waals surface area contributed by atoms with Crippen molar-refractivity contribution in [3.63, 3.8) is 0 Å². The number of fused-ring (bicyclic) bond motifs is 2. The minimum Gasteiger partial charge on any atom is -0.456 e. The lowest BCUT2D eigenvalue weighted by Gasteiger charge is -2.12. The van der Waals surface area contributed by atoms with Gasteiger partial charge in [-0.05, 0) is 48.4 Å². The third-order valence-electron chi connectivity index (χ3n) is 5.32. The summed E-state index contributed by atoms with van der Waals surface area (Å²) in [6.07, 6.45) is 4.69. The Morgan fingerprint density at radius 1 is 1.13 bits per heavy atom. The van der Waals surface area contributed by atoms with Crippen LogP contribution in [0.4, 0.5) is 11.5 Å². The first-order valence-electron chi connectivity index (χ1n) is 9.93. The molecular weight excluding hydrogens is 416 g/mol. The van der Waals surface area contributed by atoms with Crippen LogP contribution >= 0.6 is 11.6 Å². The van der Waals surface area contributed by atoms with E-state index in [9.17, 15) is 9.90 Å². The molecule has 0 bridgehead atoms.